The molecule has 48 heavy (non-hydrogen) atoms. The number of rotatable bonds is 7. The fourth-order valence-electron chi connectivity index (χ4n) is 6.41. The van der Waals surface area contributed by atoms with Crippen molar-refractivity contribution < 1.29 is 25.8 Å². The molecule has 3 aromatic heterocycles. The number of hydrogen-bond donors (Lipinski definition) is 0. The number of hydrogen-bond acceptors (Lipinski definition) is 3. The van der Waals surface area contributed by atoms with Gasteiger partial charge in [0.15, 0.2) is 0 Å². The number of pyridine rings is 1. The SMILES string of the molecule is Cc1ccnc(-n2c3[c-]c(Oc4[c-]c(-n5nc(C)c(-c6ccccc6)c5C)cc(CCC(C)(C)C)c4)ccc3c3cc(C)ccc32)c1.[Pt+2]. The van der Waals surface area contributed by atoms with Gasteiger partial charge in [0.05, 0.1) is 5.69 Å². The Kier molecular flexibility index (Phi) is 9.20. The molecule has 244 valence electrons. The molecule has 0 atom stereocenters. The molecule has 0 unspecified atom stereocenters. The molecule has 7 rings (SSSR count). The molecule has 0 aliphatic heterocycles. The fourth-order valence-corrected chi connectivity index (χ4v) is 6.41. The predicted octanol–water partition coefficient (Wildman–Crippen LogP) is 10.6. The molecular formula is C42H40N4OPt. The minimum atomic E-state index is 0. The van der Waals surface area contributed by atoms with E-state index >= 15 is 0 Å². The third kappa shape index (κ3) is 6.62. The summed E-state index contributed by atoms with van der Waals surface area (Å²) in [6.07, 6.45) is 3.82. The molecule has 5 nitrogen and oxygen atoms in total. The number of benzene rings is 4. The molecule has 0 aliphatic rings. The Hall–Kier alpha value is -4.47. The van der Waals surface area contributed by atoms with Gasteiger partial charge in [0.25, 0.3) is 0 Å². The van der Waals surface area contributed by atoms with Crippen molar-refractivity contribution in [2.24, 2.45) is 5.41 Å². The van der Waals surface area contributed by atoms with Crippen molar-refractivity contribution in [1.82, 2.24) is 19.3 Å². The third-order valence-corrected chi connectivity index (χ3v) is 8.79. The Bertz CT molecular complexity index is 2260. The second kappa shape index (κ2) is 13.2. The summed E-state index contributed by atoms with van der Waals surface area (Å²) in [6.45, 7) is 15.2. The van der Waals surface area contributed by atoms with E-state index in [4.69, 9.17) is 14.8 Å². The van der Waals surface area contributed by atoms with Crippen LogP contribution in [0.25, 0.3) is 44.4 Å². The van der Waals surface area contributed by atoms with E-state index < -0.39 is 0 Å². The molecule has 0 amide bonds. The van der Waals surface area contributed by atoms with Gasteiger partial charge in [0, 0.05) is 34.5 Å². The van der Waals surface area contributed by atoms with E-state index in [0.717, 1.165) is 68.8 Å². The molecule has 7 aromatic rings. The van der Waals surface area contributed by atoms with Crippen molar-refractivity contribution in [3.8, 4) is 34.1 Å². The Labute approximate surface area is 297 Å². The number of aromatic nitrogens is 4. The van der Waals surface area contributed by atoms with Gasteiger partial charge in [-0.15, -0.1) is 35.7 Å². The smallest absolute Gasteiger partial charge is 0.509 e. The topological polar surface area (TPSA) is 44.9 Å². The molecule has 0 radical (unpaired) electrons. The van der Waals surface area contributed by atoms with E-state index in [1.54, 1.807) is 0 Å². The molecular weight excluding hydrogens is 772 g/mol. The van der Waals surface area contributed by atoms with Gasteiger partial charge in [-0.05, 0) is 86.4 Å². The summed E-state index contributed by atoms with van der Waals surface area (Å²) >= 11 is 0. The Morgan fingerprint density at radius 2 is 1.54 bits per heavy atom. The second-order valence-corrected chi connectivity index (χ2v) is 13.9. The zero-order valence-electron chi connectivity index (χ0n) is 28.6. The monoisotopic (exact) mass is 811 g/mol. The average Bonchev–Trinajstić information content (AvgIpc) is 3.52. The third-order valence-electron chi connectivity index (χ3n) is 8.79. The van der Waals surface area contributed by atoms with Gasteiger partial charge in [0.2, 0.25) is 0 Å². The number of aryl methyl sites for hydroxylation is 4. The molecule has 0 N–H and O–H groups in total. The van der Waals surface area contributed by atoms with Crippen molar-refractivity contribution in [2.75, 3.05) is 0 Å². The van der Waals surface area contributed by atoms with E-state index in [1.807, 2.05) is 29.1 Å². The molecule has 3 heterocycles. The van der Waals surface area contributed by atoms with Crippen LogP contribution in [-0.2, 0) is 27.5 Å². The molecule has 0 aliphatic carbocycles. The number of nitrogens with zero attached hydrogens (tertiary/aromatic N) is 4. The Morgan fingerprint density at radius 1 is 0.771 bits per heavy atom. The number of ether oxygens (including phenoxy) is 1. The van der Waals surface area contributed by atoms with Gasteiger partial charge in [-0.3, -0.25) is 4.68 Å². The van der Waals surface area contributed by atoms with E-state index in [9.17, 15) is 0 Å². The van der Waals surface area contributed by atoms with Crippen LogP contribution in [0.4, 0.5) is 0 Å². The summed E-state index contributed by atoms with van der Waals surface area (Å²) in [5.41, 5.74) is 11.0. The summed E-state index contributed by atoms with van der Waals surface area (Å²) in [5.74, 6) is 2.13. The Balaban J connectivity index is 0.00000401. The van der Waals surface area contributed by atoms with Crippen LogP contribution in [0.15, 0.2) is 91.1 Å². The van der Waals surface area contributed by atoms with Crippen molar-refractivity contribution >= 4 is 21.8 Å². The summed E-state index contributed by atoms with van der Waals surface area (Å²) in [6, 6.07) is 36.7. The maximum Gasteiger partial charge on any atom is 2.00 e. The molecule has 0 fully saturated rings. The quantitative estimate of drug-likeness (QED) is 0.151. The zero-order valence-corrected chi connectivity index (χ0v) is 30.9. The molecule has 0 saturated heterocycles. The van der Waals surface area contributed by atoms with Crippen LogP contribution < -0.4 is 4.74 Å². The summed E-state index contributed by atoms with van der Waals surface area (Å²) in [4.78, 5) is 4.74. The second-order valence-electron chi connectivity index (χ2n) is 13.9. The Morgan fingerprint density at radius 3 is 2.29 bits per heavy atom. The molecule has 4 aromatic carbocycles. The van der Waals surface area contributed by atoms with Crippen molar-refractivity contribution in [3.63, 3.8) is 0 Å². The van der Waals surface area contributed by atoms with Gasteiger partial charge >= 0.3 is 21.1 Å². The van der Waals surface area contributed by atoms with Crippen LogP contribution in [-0.4, -0.2) is 19.3 Å². The van der Waals surface area contributed by atoms with Crippen molar-refractivity contribution in [2.45, 2.75) is 61.3 Å². The number of fused-ring (bicyclic) bond motifs is 3. The van der Waals surface area contributed by atoms with Crippen molar-refractivity contribution in [1.29, 1.82) is 0 Å². The van der Waals surface area contributed by atoms with Crippen LogP contribution in [0, 0.1) is 45.2 Å². The summed E-state index contributed by atoms with van der Waals surface area (Å²) in [7, 11) is 0. The first kappa shape index (κ1) is 33.4. The van der Waals surface area contributed by atoms with E-state index in [0.29, 0.717) is 11.5 Å². The maximum atomic E-state index is 6.63. The molecule has 0 saturated carbocycles. The van der Waals surface area contributed by atoms with Gasteiger partial charge in [-0.2, -0.15) is 16.7 Å². The standard InChI is InChI=1S/C42H40N4O.Pt/c1-27-13-16-38-37(21-27)36-15-14-34(26-39(36)45(38)40-22-28(2)18-20-43-40)47-35-24-31(17-19-42(5,6)7)23-33(25-35)46-30(4)41(29(3)44-46)32-11-9-8-10-12-32;/h8-16,18,20-24H,17,19H2,1-7H3;/q-2;+2. The van der Waals surface area contributed by atoms with E-state index in [-0.39, 0.29) is 26.5 Å². The van der Waals surface area contributed by atoms with Crippen LogP contribution in [0.2, 0.25) is 0 Å². The first-order chi connectivity index (χ1) is 22.5. The molecule has 6 heteroatoms. The van der Waals surface area contributed by atoms with Crippen LogP contribution in [0.1, 0.15) is 55.3 Å². The van der Waals surface area contributed by atoms with Crippen molar-refractivity contribution in [3.05, 3.63) is 131 Å². The average molecular weight is 812 g/mol. The van der Waals surface area contributed by atoms with Crippen LogP contribution in [0.3, 0.4) is 0 Å². The first-order valence-electron chi connectivity index (χ1n) is 16.3. The maximum absolute atomic E-state index is 6.63. The minimum absolute atomic E-state index is 0. The van der Waals surface area contributed by atoms with E-state index in [2.05, 4.69) is 132 Å². The summed E-state index contributed by atoms with van der Waals surface area (Å²) < 4.78 is 10.8. The van der Waals surface area contributed by atoms with Gasteiger partial charge in [-0.25, -0.2) is 4.98 Å². The van der Waals surface area contributed by atoms with Gasteiger partial charge < -0.3 is 9.30 Å². The van der Waals surface area contributed by atoms with Gasteiger partial charge in [0.1, 0.15) is 5.82 Å². The predicted molar refractivity (Wildman–Crippen MR) is 192 cm³/mol. The summed E-state index contributed by atoms with van der Waals surface area (Å²) in [5, 5.41) is 7.27. The van der Waals surface area contributed by atoms with E-state index in [1.165, 1.54) is 16.5 Å². The minimum Gasteiger partial charge on any atom is -0.509 e. The van der Waals surface area contributed by atoms with Crippen LogP contribution in [0.5, 0.6) is 11.5 Å². The largest absolute Gasteiger partial charge is 2.00 e. The van der Waals surface area contributed by atoms with Crippen LogP contribution >= 0.6 is 0 Å². The zero-order chi connectivity index (χ0) is 32.9. The molecule has 0 bridgehead atoms. The molecule has 0 spiro atoms. The first-order valence-corrected chi connectivity index (χ1v) is 16.3. The van der Waals surface area contributed by atoms with Gasteiger partial charge in [-0.1, -0.05) is 74.3 Å². The normalized spacial score (nSPS) is 11.6. The fraction of sp³-hybridized carbons (Fsp3) is 0.238.